The third-order valence-corrected chi connectivity index (χ3v) is 3.74. The Morgan fingerprint density at radius 1 is 1.29 bits per heavy atom. The molecule has 21 heavy (non-hydrogen) atoms. The second-order valence-corrected chi connectivity index (χ2v) is 5.65. The Morgan fingerprint density at radius 3 is 2.62 bits per heavy atom. The summed E-state index contributed by atoms with van der Waals surface area (Å²) >= 11 is 0. The summed E-state index contributed by atoms with van der Waals surface area (Å²) in [4.78, 5) is 9.26. The monoisotopic (exact) mass is 302 g/mol. The van der Waals surface area contributed by atoms with E-state index in [9.17, 15) is 13.2 Å². The molecule has 0 amide bonds. The van der Waals surface area contributed by atoms with Crippen LogP contribution in [0.1, 0.15) is 39.4 Å². The fourth-order valence-electron chi connectivity index (χ4n) is 2.59. The molecule has 0 bridgehead atoms. The van der Waals surface area contributed by atoms with Crippen LogP contribution in [0.3, 0.4) is 0 Å². The van der Waals surface area contributed by atoms with Crippen molar-refractivity contribution in [1.29, 1.82) is 0 Å². The Labute approximate surface area is 122 Å². The molecule has 1 aliphatic rings. The Morgan fingerprint density at radius 2 is 2.00 bits per heavy atom. The topological polar surface area (TPSA) is 41.0 Å². The number of anilines is 2. The van der Waals surface area contributed by atoms with Crippen LogP contribution in [0.4, 0.5) is 24.8 Å². The third-order valence-electron chi connectivity index (χ3n) is 3.74. The first kappa shape index (κ1) is 15.9. The number of hydrogen-bond acceptors (Lipinski definition) is 4. The largest absolute Gasteiger partial charge is 0.451 e. The highest BCUT2D eigenvalue weighted by Gasteiger charge is 2.36. The molecule has 2 atom stereocenters. The SMILES string of the molecule is CCNc1cc(N2CC(C)CCC2C)nc(C(F)(F)F)n1. The molecule has 1 N–H and O–H groups in total. The Bertz CT molecular complexity index is 490. The predicted molar refractivity (Wildman–Crippen MR) is 76.4 cm³/mol. The van der Waals surface area contributed by atoms with Gasteiger partial charge in [-0.2, -0.15) is 13.2 Å². The van der Waals surface area contributed by atoms with Crippen LogP contribution in [-0.4, -0.2) is 29.1 Å². The molecule has 1 fully saturated rings. The number of piperidine rings is 1. The van der Waals surface area contributed by atoms with Gasteiger partial charge < -0.3 is 10.2 Å². The smallest absolute Gasteiger partial charge is 0.370 e. The minimum atomic E-state index is -4.54. The minimum Gasteiger partial charge on any atom is -0.370 e. The highest BCUT2D eigenvalue weighted by Crippen LogP contribution is 2.32. The molecule has 118 valence electrons. The highest BCUT2D eigenvalue weighted by atomic mass is 19.4. The molecule has 2 unspecified atom stereocenters. The van der Waals surface area contributed by atoms with Gasteiger partial charge in [0.05, 0.1) is 0 Å². The summed E-state index contributed by atoms with van der Waals surface area (Å²) in [6.45, 7) is 7.19. The first-order valence-corrected chi connectivity index (χ1v) is 7.28. The zero-order valence-electron chi connectivity index (χ0n) is 12.5. The molecular formula is C14H21F3N4. The van der Waals surface area contributed by atoms with Gasteiger partial charge in [0.2, 0.25) is 5.82 Å². The minimum absolute atomic E-state index is 0.187. The number of alkyl halides is 3. The molecule has 1 aliphatic heterocycles. The van der Waals surface area contributed by atoms with Crippen LogP contribution < -0.4 is 10.2 Å². The lowest BCUT2D eigenvalue weighted by molar-refractivity contribution is -0.144. The third kappa shape index (κ3) is 3.77. The van der Waals surface area contributed by atoms with Crippen LogP contribution in [0.2, 0.25) is 0 Å². The van der Waals surface area contributed by atoms with E-state index in [2.05, 4.69) is 22.2 Å². The maximum Gasteiger partial charge on any atom is 0.451 e. The van der Waals surface area contributed by atoms with E-state index in [0.717, 1.165) is 19.4 Å². The van der Waals surface area contributed by atoms with E-state index < -0.39 is 12.0 Å². The molecular weight excluding hydrogens is 281 g/mol. The fourth-order valence-corrected chi connectivity index (χ4v) is 2.59. The molecule has 0 radical (unpaired) electrons. The molecule has 4 nitrogen and oxygen atoms in total. The summed E-state index contributed by atoms with van der Waals surface area (Å²) < 4.78 is 38.9. The Kier molecular flexibility index (Phi) is 4.58. The molecule has 1 aromatic heterocycles. The van der Waals surface area contributed by atoms with Gasteiger partial charge in [0, 0.05) is 25.2 Å². The molecule has 1 aromatic rings. The number of rotatable bonds is 3. The highest BCUT2D eigenvalue weighted by molar-refractivity contribution is 5.50. The lowest BCUT2D eigenvalue weighted by Crippen LogP contribution is -2.42. The number of nitrogens with one attached hydrogen (secondary N) is 1. The van der Waals surface area contributed by atoms with Crippen LogP contribution in [0.5, 0.6) is 0 Å². The van der Waals surface area contributed by atoms with Crippen molar-refractivity contribution in [2.75, 3.05) is 23.3 Å². The lowest BCUT2D eigenvalue weighted by atomic mass is 9.95. The summed E-state index contributed by atoms with van der Waals surface area (Å²) in [6.07, 6.45) is -2.48. The van der Waals surface area contributed by atoms with Crippen molar-refractivity contribution in [2.45, 2.75) is 45.8 Å². The van der Waals surface area contributed by atoms with Crippen molar-refractivity contribution in [3.8, 4) is 0 Å². The maximum absolute atomic E-state index is 13.0. The molecule has 2 heterocycles. The van der Waals surface area contributed by atoms with Gasteiger partial charge in [-0.15, -0.1) is 0 Å². The lowest BCUT2D eigenvalue weighted by Gasteiger charge is -2.38. The van der Waals surface area contributed by atoms with E-state index in [1.807, 2.05) is 18.7 Å². The van der Waals surface area contributed by atoms with E-state index >= 15 is 0 Å². The second-order valence-electron chi connectivity index (χ2n) is 5.65. The molecule has 0 aliphatic carbocycles. The van der Waals surface area contributed by atoms with Gasteiger partial charge in [-0.1, -0.05) is 6.92 Å². The number of aromatic nitrogens is 2. The van der Waals surface area contributed by atoms with Gasteiger partial charge in [0.1, 0.15) is 11.6 Å². The standard InChI is InChI=1S/C14H21F3N4/c1-4-18-11-7-12(20-13(19-11)14(15,16)17)21-8-9(2)5-6-10(21)3/h7,9-10H,4-6,8H2,1-3H3,(H,18,19,20). The van der Waals surface area contributed by atoms with Gasteiger partial charge in [0.15, 0.2) is 0 Å². The Balaban J connectivity index is 2.39. The Hall–Kier alpha value is -1.53. The van der Waals surface area contributed by atoms with Crippen molar-refractivity contribution in [2.24, 2.45) is 5.92 Å². The molecule has 0 saturated carbocycles. The van der Waals surface area contributed by atoms with E-state index in [1.165, 1.54) is 0 Å². The fraction of sp³-hybridized carbons (Fsp3) is 0.714. The zero-order chi connectivity index (χ0) is 15.6. The van der Waals surface area contributed by atoms with Gasteiger partial charge in [-0.25, -0.2) is 9.97 Å². The quantitative estimate of drug-likeness (QED) is 0.927. The molecule has 0 aromatic carbocycles. The van der Waals surface area contributed by atoms with Crippen molar-refractivity contribution < 1.29 is 13.2 Å². The van der Waals surface area contributed by atoms with Crippen molar-refractivity contribution in [3.05, 3.63) is 11.9 Å². The van der Waals surface area contributed by atoms with Crippen molar-refractivity contribution in [1.82, 2.24) is 9.97 Å². The molecule has 7 heteroatoms. The van der Waals surface area contributed by atoms with Gasteiger partial charge >= 0.3 is 6.18 Å². The summed E-state index contributed by atoms with van der Waals surface area (Å²) in [7, 11) is 0. The zero-order valence-corrected chi connectivity index (χ0v) is 12.5. The van der Waals surface area contributed by atoms with Crippen LogP contribution in [-0.2, 0) is 6.18 Å². The first-order valence-electron chi connectivity index (χ1n) is 7.28. The number of halogens is 3. The van der Waals surface area contributed by atoms with E-state index in [0.29, 0.717) is 18.3 Å². The van der Waals surface area contributed by atoms with Crippen LogP contribution in [0.15, 0.2) is 6.07 Å². The molecule has 2 rings (SSSR count). The van der Waals surface area contributed by atoms with Crippen molar-refractivity contribution in [3.63, 3.8) is 0 Å². The maximum atomic E-state index is 13.0. The molecule has 1 saturated heterocycles. The van der Waals surface area contributed by atoms with Crippen molar-refractivity contribution >= 4 is 11.6 Å². The van der Waals surface area contributed by atoms with E-state index in [1.54, 1.807) is 6.07 Å². The van der Waals surface area contributed by atoms with Crippen LogP contribution in [0.25, 0.3) is 0 Å². The van der Waals surface area contributed by atoms with E-state index in [-0.39, 0.29) is 11.9 Å². The second kappa shape index (κ2) is 6.07. The van der Waals surface area contributed by atoms with Gasteiger partial charge in [0.25, 0.3) is 0 Å². The average Bonchev–Trinajstić information content (AvgIpc) is 2.40. The average molecular weight is 302 g/mol. The normalized spacial score (nSPS) is 23.2. The summed E-state index contributed by atoms with van der Waals surface area (Å²) in [5.41, 5.74) is 0. The molecule has 0 spiro atoms. The van der Waals surface area contributed by atoms with Crippen LogP contribution in [0, 0.1) is 5.92 Å². The summed E-state index contributed by atoms with van der Waals surface area (Å²) in [6, 6.07) is 1.79. The van der Waals surface area contributed by atoms with Gasteiger partial charge in [-0.3, -0.25) is 0 Å². The summed E-state index contributed by atoms with van der Waals surface area (Å²) in [5.74, 6) is -0.0537. The number of nitrogens with zero attached hydrogens (tertiary/aromatic N) is 3. The van der Waals surface area contributed by atoms with Gasteiger partial charge in [-0.05, 0) is 32.6 Å². The number of hydrogen-bond donors (Lipinski definition) is 1. The van der Waals surface area contributed by atoms with Crippen LogP contribution >= 0.6 is 0 Å². The first-order chi connectivity index (χ1) is 9.81. The summed E-state index contributed by atoms with van der Waals surface area (Å²) in [5, 5.41) is 2.85. The van der Waals surface area contributed by atoms with E-state index in [4.69, 9.17) is 0 Å². The predicted octanol–water partition coefficient (Wildman–Crippen LogP) is 3.55.